The van der Waals surface area contributed by atoms with E-state index >= 15 is 0 Å². The van der Waals surface area contributed by atoms with Crippen LogP contribution in [0.1, 0.15) is 20.8 Å². The van der Waals surface area contributed by atoms with E-state index in [1.54, 1.807) is 13.8 Å². The van der Waals surface area contributed by atoms with Crippen molar-refractivity contribution in [3.05, 3.63) is 0 Å². The zero-order valence-electron chi connectivity index (χ0n) is 9.47. The van der Waals surface area contributed by atoms with Crippen LogP contribution in [0.25, 0.3) is 0 Å². The number of hydrogen-bond acceptors (Lipinski definition) is 6. The topological polar surface area (TPSA) is 85.2 Å². The highest BCUT2D eigenvalue weighted by Gasteiger charge is 2.58. The molecule has 2 fully saturated rings. The Morgan fingerprint density at radius 2 is 2.00 bits per heavy atom. The highest BCUT2D eigenvalue weighted by Crippen LogP contribution is 2.35. The SMILES string of the molecule is CC1(C)OC[C@H]([C@H]2OC(=O)[C@@H](O)[C@]2(C)O)O1. The minimum absolute atomic E-state index is 0.216. The Hall–Kier alpha value is -0.690. The molecule has 0 bridgehead atoms. The highest BCUT2D eigenvalue weighted by atomic mass is 16.8. The fourth-order valence-corrected chi connectivity index (χ4v) is 2.02. The molecule has 0 aliphatic carbocycles. The van der Waals surface area contributed by atoms with Crippen molar-refractivity contribution in [2.45, 2.75) is 50.5 Å². The van der Waals surface area contributed by atoms with Crippen LogP contribution in [-0.4, -0.2) is 52.5 Å². The summed E-state index contributed by atoms with van der Waals surface area (Å²) in [6, 6.07) is 0. The molecule has 2 heterocycles. The van der Waals surface area contributed by atoms with Gasteiger partial charge in [-0.05, 0) is 20.8 Å². The molecule has 2 aliphatic heterocycles. The third-order valence-corrected chi connectivity index (χ3v) is 2.96. The van der Waals surface area contributed by atoms with Gasteiger partial charge in [0, 0.05) is 0 Å². The third kappa shape index (κ3) is 1.71. The molecule has 0 amide bonds. The van der Waals surface area contributed by atoms with Gasteiger partial charge >= 0.3 is 5.97 Å². The lowest BCUT2D eigenvalue weighted by molar-refractivity contribution is -0.173. The number of aliphatic hydroxyl groups excluding tert-OH is 1. The number of esters is 1. The third-order valence-electron chi connectivity index (χ3n) is 2.96. The van der Waals surface area contributed by atoms with Crippen molar-refractivity contribution in [3.63, 3.8) is 0 Å². The van der Waals surface area contributed by atoms with Crippen molar-refractivity contribution in [1.29, 1.82) is 0 Å². The maximum Gasteiger partial charge on any atom is 0.338 e. The van der Waals surface area contributed by atoms with Crippen LogP contribution < -0.4 is 0 Å². The quantitative estimate of drug-likeness (QED) is 0.574. The largest absolute Gasteiger partial charge is 0.454 e. The van der Waals surface area contributed by atoms with Gasteiger partial charge in [-0.2, -0.15) is 0 Å². The molecule has 2 N–H and O–H groups in total. The molecule has 0 saturated carbocycles. The molecule has 0 aromatic heterocycles. The van der Waals surface area contributed by atoms with Crippen molar-refractivity contribution in [1.82, 2.24) is 0 Å². The van der Waals surface area contributed by atoms with Crippen LogP contribution in [0.3, 0.4) is 0 Å². The first-order chi connectivity index (χ1) is 7.24. The summed E-state index contributed by atoms with van der Waals surface area (Å²) in [5, 5.41) is 19.5. The Balaban J connectivity index is 2.15. The molecular formula is C10H16O6. The number of carbonyl (C=O) groups is 1. The molecule has 92 valence electrons. The second-order valence-corrected chi connectivity index (χ2v) is 4.85. The average molecular weight is 232 g/mol. The van der Waals surface area contributed by atoms with Crippen LogP contribution in [0.15, 0.2) is 0 Å². The molecule has 0 radical (unpaired) electrons. The molecule has 2 aliphatic rings. The Labute approximate surface area is 93.1 Å². The van der Waals surface area contributed by atoms with Crippen LogP contribution in [0.5, 0.6) is 0 Å². The predicted molar refractivity (Wildman–Crippen MR) is 51.4 cm³/mol. The summed E-state index contributed by atoms with van der Waals surface area (Å²) in [5.74, 6) is -1.59. The molecule has 2 rings (SSSR count). The first-order valence-corrected chi connectivity index (χ1v) is 5.17. The van der Waals surface area contributed by atoms with Crippen molar-refractivity contribution in [2.75, 3.05) is 6.61 Å². The van der Waals surface area contributed by atoms with Gasteiger partial charge in [-0.3, -0.25) is 0 Å². The lowest BCUT2D eigenvalue weighted by Crippen LogP contribution is -2.50. The zero-order chi connectivity index (χ0) is 12.1. The van der Waals surface area contributed by atoms with Gasteiger partial charge in [0.05, 0.1) is 6.61 Å². The fraction of sp³-hybridized carbons (Fsp3) is 0.900. The van der Waals surface area contributed by atoms with E-state index in [1.807, 2.05) is 0 Å². The smallest absolute Gasteiger partial charge is 0.338 e. The van der Waals surface area contributed by atoms with E-state index in [0.29, 0.717) is 0 Å². The summed E-state index contributed by atoms with van der Waals surface area (Å²) >= 11 is 0. The van der Waals surface area contributed by atoms with Crippen molar-refractivity contribution >= 4 is 5.97 Å². The van der Waals surface area contributed by atoms with Gasteiger partial charge in [0.2, 0.25) is 0 Å². The lowest BCUT2D eigenvalue weighted by Gasteiger charge is -2.28. The van der Waals surface area contributed by atoms with Gasteiger partial charge in [-0.15, -0.1) is 0 Å². The van der Waals surface area contributed by atoms with E-state index in [9.17, 15) is 15.0 Å². The molecular weight excluding hydrogens is 216 g/mol. The molecule has 4 atom stereocenters. The Kier molecular flexibility index (Phi) is 2.50. The molecule has 0 unspecified atom stereocenters. The minimum atomic E-state index is -1.65. The van der Waals surface area contributed by atoms with Gasteiger partial charge in [-0.1, -0.05) is 0 Å². The summed E-state index contributed by atoms with van der Waals surface area (Å²) < 4.78 is 15.7. The molecule has 2 saturated heterocycles. The normalized spacial score (nSPS) is 47.1. The second kappa shape index (κ2) is 3.40. The van der Waals surface area contributed by atoms with E-state index in [1.165, 1.54) is 6.92 Å². The molecule has 0 aromatic carbocycles. The van der Waals surface area contributed by atoms with Gasteiger partial charge in [-0.25, -0.2) is 4.79 Å². The van der Waals surface area contributed by atoms with Gasteiger partial charge in [0.25, 0.3) is 0 Å². The fourth-order valence-electron chi connectivity index (χ4n) is 2.02. The van der Waals surface area contributed by atoms with Crippen LogP contribution in [0.2, 0.25) is 0 Å². The Morgan fingerprint density at radius 1 is 1.38 bits per heavy atom. The summed E-state index contributed by atoms with van der Waals surface area (Å²) in [7, 11) is 0. The van der Waals surface area contributed by atoms with Gasteiger partial charge in [0.15, 0.2) is 18.0 Å². The lowest BCUT2D eigenvalue weighted by atomic mass is 9.92. The van der Waals surface area contributed by atoms with E-state index in [4.69, 9.17) is 14.2 Å². The minimum Gasteiger partial charge on any atom is -0.454 e. The number of carbonyl (C=O) groups excluding carboxylic acids is 1. The number of ether oxygens (including phenoxy) is 3. The summed E-state index contributed by atoms with van der Waals surface area (Å²) in [6.45, 7) is 5.03. The van der Waals surface area contributed by atoms with E-state index in [2.05, 4.69) is 0 Å². The van der Waals surface area contributed by atoms with Crippen LogP contribution in [0, 0.1) is 0 Å². The second-order valence-electron chi connectivity index (χ2n) is 4.85. The van der Waals surface area contributed by atoms with E-state index < -0.39 is 35.7 Å². The zero-order valence-corrected chi connectivity index (χ0v) is 9.47. The molecule has 0 aromatic rings. The monoisotopic (exact) mass is 232 g/mol. The van der Waals surface area contributed by atoms with E-state index in [0.717, 1.165) is 0 Å². The Morgan fingerprint density at radius 3 is 2.38 bits per heavy atom. The van der Waals surface area contributed by atoms with Crippen molar-refractivity contribution < 1.29 is 29.2 Å². The molecule has 0 spiro atoms. The first kappa shape index (κ1) is 11.8. The number of rotatable bonds is 1. The van der Waals surface area contributed by atoms with Gasteiger partial charge < -0.3 is 24.4 Å². The van der Waals surface area contributed by atoms with E-state index in [-0.39, 0.29) is 6.61 Å². The summed E-state index contributed by atoms with van der Waals surface area (Å²) in [5.41, 5.74) is -1.65. The molecule has 6 heteroatoms. The maximum atomic E-state index is 11.2. The molecule has 16 heavy (non-hydrogen) atoms. The number of hydrogen-bond donors (Lipinski definition) is 2. The predicted octanol–water partition coefficient (Wildman–Crippen LogP) is -0.825. The highest BCUT2D eigenvalue weighted by molar-refractivity contribution is 5.79. The first-order valence-electron chi connectivity index (χ1n) is 5.17. The van der Waals surface area contributed by atoms with Gasteiger partial charge in [0.1, 0.15) is 11.7 Å². The summed E-state index contributed by atoms with van der Waals surface area (Å²) in [6.07, 6.45) is -3.01. The number of aliphatic hydroxyl groups is 2. The van der Waals surface area contributed by atoms with Crippen molar-refractivity contribution in [2.24, 2.45) is 0 Å². The Bertz CT molecular complexity index is 310. The number of cyclic esters (lactones) is 1. The van der Waals surface area contributed by atoms with Crippen LogP contribution in [-0.2, 0) is 19.0 Å². The maximum absolute atomic E-state index is 11.2. The van der Waals surface area contributed by atoms with Crippen LogP contribution >= 0.6 is 0 Å². The molecule has 6 nitrogen and oxygen atoms in total. The van der Waals surface area contributed by atoms with Crippen LogP contribution in [0.4, 0.5) is 0 Å². The average Bonchev–Trinajstić information content (AvgIpc) is 2.60. The van der Waals surface area contributed by atoms with Crippen molar-refractivity contribution in [3.8, 4) is 0 Å². The summed E-state index contributed by atoms with van der Waals surface area (Å²) in [4.78, 5) is 11.2. The standard InChI is InChI=1S/C10H16O6/c1-9(2)14-4-5(16-9)7-10(3,13)6(11)8(12)15-7/h5-7,11,13H,4H2,1-3H3/t5-,6-,7-,10+/m1/s1.